The summed E-state index contributed by atoms with van der Waals surface area (Å²) in [5.74, 6) is -0.386. The van der Waals surface area contributed by atoms with Crippen LogP contribution in [-0.4, -0.2) is 18.1 Å². The zero-order valence-corrected chi connectivity index (χ0v) is 17.4. The van der Waals surface area contributed by atoms with Gasteiger partial charge in [-0.2, -0.15) is 23.4 Å². The molecule has 2 aliphatic heterocycles. The first-order valence-corrected chi connectivity index (χ1v) is 10.5. The molecule has 0 radical (unpaired) electrons. The Labute approximate surface area is 177 Å². The van der Waals surface area contributed by atoms with E-state index < -0.39 is 24.2 Å². The molecule has 1 aromatic rings. The summed E-state index contributed by atoms with van der Waals surface area (Å²) in [6.45, 7) is 4.03. The second-order valence-electron chi connectivity index (χ2n) is 9.70. The lowest BCUT2D eigenvalue weighted by molar-refractivity contribution is -0.134. The number of halogens is 4. The first kappa shape index (κ1) is 20.4. The van der Waals surface area contributed by atoms with E-state index in [1.165, 1.54) is 6.07 Å². The van der Waals surface area contributed by atoms with Crippen molar-refractivity contribution in [1.82, 2.24) is 5.32 Å². The number of azo groups is 1. The third kappa shape index (κ3) is 3.05. The van der Waals surface area contributed by atoms with Gasteiger partial charge in [-0.15, -0.1) is 0 Å². The van der Waals surface area contributed by atoms with Gasteiger partial charge < -0.3 is 5.32 Å². The quantitative estimate of drug-likeness (QED) is 0.614. The van der Waals surface area contributed by atoms with Crippen molar-refractivity contribution < 1.29 is 22.4 Å². The van der Waals surface area contributed by atoms with Crippen molar-refractivity contribution in [3.05, 3.63) is 57.7 Å². The van der Waals surface area contributed by atoms with E-state index in [0.717, 1.165) is 5.70 Å². The van der Waals surface area contributed by atoms with Crippen LogP contribution in [0, 0.1) is 11.2 Å². The number of rotatable bonds is 2. The Morgan fingerprint density at radius 2 is 2.00 bits per heavy atom. The molecule has 2 aliphatic carbocycles. The fourth-order valence-corrected chi connectivity index (χ4v) is 5.86. The highest BCUT2D eigenvalue weighted by Gasteiger charge is 2.57. The average molecular weight is 433 g/mol. The number of benzene rings is 1. The number of carbonyl (C=O) groups is 1. The number of fused-ring (bicyclic) bond motifs is 5. The molecule has 4 aliphatic rings. The number of allylic oxidation sites excluding steroid dienone is 3. The third-order valence-electron chi connectivity index (χ3n) is 6.92. The van der Waals surface area contributed by atoms with Crippen molar-refractivity contribution in [2.75, 3.05) is 0 Å². The minimum Gasteiger partial charge on any atom is -0.362 e. The molecule has 1 aromatic carbocycles. The smallest absolute Gasteiger partial charge is 0.362 e. The number of carbonyl (C=O) groups excluding carboxylic acids is 1. The van der Waals surface area contributed by atoms with Crippen LogP contribution in [0.3, 0.4) is 0 Å². The number of nitrogens with one attached hydrogen (secondary N) is 1. The van der Waals surface area contributed by atoms with Crippen LogP contribution in [0.25, 0.3) is 0 Å². The Hall–Kier alpha value is -2.51. The number of hydrogen-bond donors (Lipinski definition) is 1. The molecule has 31 heavy (non-hydrogen) atoms. The first-order valence-electron chi connectivity index (χ1n) is 10.5. The van der Waals surface area contributed by atoms with Crippen molar-refractivity contribution in [3.8, 4) is 0 Å². The van der Waals surface area contributed by atoms with Crippen molar-refractivity contribution >= 4 is 5.78 Å². The lowest BCUT2D eigenvalue weighted by Gasteiger charge is -2.47. The maximum absolute atomic E-state index is 14.7. The molecule has 4 nitrogen and oxygen atoms in total. The van der Waals surface area contributed by atoms with Gasteiger partial charge in [0.2, 0.25) is 0 Å². The van der Waals surface area contributed by atoms with Crippen LogP contribution in [0.5, 0.6) is 0 Å². The lowest BCUT2D eigenvalue weighted by atomic mass is 9.59. The molecule has 1 N–H and O–H groups in total. The van der Waals surface area contributed by atoms with Gasteiger partial charge in [0.1, 0.15) is 5.82 Å². The molecule has 0 fully saturated rings. The second kappa shape index (κ2) is 6.50. The van der Waals surface area contributed by atoms with Crippen molar-refractivity contribution in [2.45, 2.75) is 70.1 Å². The summed E-state index contributed by atoms with van der Waals surface area (Å²) in [5.41, 5.74) is 2.17. The van der Waals surface area contributed by atoms with E-state index >= 15 is 0 Å². The highest BCUT2D eigenvalue weighted by atomic mass is 19.4. The summed E-state index contributed by atoms with van der Waals surface area (Å²) in [5, 5.41) is 11.7. The summed E-state index contributed by atoms with van der Waals surface area (Å²) in [6.07, 6.45) is -4.47. The Bertz CT molecular complexity index is 1080. The molecule has 0 saturated heterocycles. The van der Waals surface area contributed by atoms with E-state index in [-0.39, 0.29) is 29.1 Å². The molecular formula is C23H23F4N3O. The summed E-state index contributed by atoms with van der Waals surface area (Å²) >= 11 is 0. The molecule has 2 heterocycles. The van der Waals surface area contributed by atoms with Gasteiger partial charge in [-0.05, 0) is 41.9 Å². The van der Waals surface area contributed by atoms with Gasteiger partial charge in [0.15, 0.2) is 11.9 Å². The fourth-order valence-electron chi connectivity index (χ4n) is 5.86. The maximum atomic E-state index is 14.7. The fraction of sp³-hybridized carbons (Fsp3) is 0.522. The molecule has 0 amide bonds. The largest absolute Gasteiger partial charge is 0.389 e. The van der Waals surface area contributed by atoms with Gasteiger partial charge in [0.05, 0.1) is 11.1 Å². The predicted octanol–water partition coefficient (Wildman–Crippen LogP) is 5.64. The van der Waals surface area contributed by atoms with Crippen LogP contribution in [-0.2, 0) is 16.6 Å². The monoisotopic (exact) mass is 433 g/mol. The molecule has 0 aromatic heterocycles. The Balaban J connectivity index is 1.75. The van der Waals surface area contributed by atoms with Crippen LogP contribution in [0.4, 0.5) is 17.6 Å². The van der Waals surface area contributed by atoms with E-state index in [4.69, 9.17) is 0 Å². The molecule has 5 rings (SSSR count). The second-order valence-corrected chi connectivity index (χ2v) is 9.70. The summed E-state index contributed by atoms with van der Waals surface area (Å²) in [4.78, 5) is 13.5. The Kier molecular flexibility index (Phi) is 4.27. The standard InChI is InChI=1S/C23H23F4N3O/c1-21(2)10-16-18(17(31)11-21)22(8-6-12-13(22)4-3-5-14(12)24)19-15(7-9-23(25,26)27)29-30-20(19)28-16/h3-5,20,28H,6-11H2,1-2H3/t20?,22-/m1/s1. The van der Waals surface area contributed by atoms with Crippen molar-refractivity contribution in [2.24, 2.45) is 15.6 Å². The number of Topliss-reactive ketones (excluding diaryl/α,β-unsaturated/α-hetero) is 1. The average Bonchev–Trinajstić information content (AvgIpc) is 3.22. The van der Waals surface area contributed by atoms with Gasteiger partial charge in [0.25, 0.3) is 0 Å². The first-order chi connectivity index (χ1) is 14.5. The molecule has 1 spiro atoms. The minimum atomic E-state index is -4.33. The van der Waals surface area contributed by atoms with Crippen LogP contribution in [0.1, 0.15) is 57.1 Å². The normalized spacial score (nSPS) is 28.7. The molecular weight excluding hydrogens is 410 g/mol. The molecule has 0 bridgehead atoms. The van der Waals surface area contributed by atoms with Gasteiger partial charge in [-0.25, -0.2) is 4.39 Å². The summed E-state index contributed by atoms with van der Waals surface area (Å²) < 4.78 is 53.6. The van der Waals surface area contributed by atoms with Gasteiger partial charge in [-0.3, -0.25) is 4.79 Å². The van der Waals surface area contributed by atoms with Crippen molar-refractivity contribution in [1.29, 1.82) is 0 Å². The highest BCUT2D eigenvalue weighted by Crippen LogP contribution is 2.59. The number of hydrogen-bond acceptors (Lipinski definition) is 4. The van der Waals surface area contributed by atoms with Gasteiger partial charge in [-0.1, -0.05) is 26.0 Å². The highest BCUT2D eigenvalue weighted by molar-refractivity contribution is 6.02. The SMILES string of the molecule is CC1(C)CC(=O)C2=C(C1)NC1N=NC(CCC(F)(F)F)=C1[C@@]21CCc2c(F)cccc21. The number of alkyl halides is 3. The van der Waals surface area contributed by atoms with E-state index in [9.17, 15) is 22.4 Å². The zero-order chi connectivity index (χ0) is 22.2. The Morgan fingerprint density at radius 1 is 1.23 bits per heavy atom. The van der Waals surface area contributed by atoms with E-state index in [0.29, 0.717) is 48.0 Å². The maximum Gasteiger partial charge on any atom is 0.389 e. The predicted molar refractivity (Wildman–Crippen MR) is 106 cm³/mol. The number of ketones is 1. The van der Waals surface area contributed by atoms with Crippen LogP contribution >= 0.6 is 0 Å². The van der Waals surface area contributed by atoms with Crippen LogP contribution in [0.2, 0.25) is 0 Å². The zero-order valence-electron chi connectivity index (χ0n) is 17.4. The topological polar surface area (TPSA) is 53.8 Å². The van der Waals surface area contributed by atoms with Gasteiger partial charge >= 0.3 is 6.18 Å². The summed E-state index contributed by atoms with van der Waals surface area (Å²) in [6, 6.07) is 4.80. The molecule has 2 atom stereocenters. The summed E-state index contributed by atoms with van der Waals surface area (Å²) in [7, 11) is 0. The van der Waals surface area contributed by atoms with Crippen molar-refractivity contribution in [3.63, 3.8) is 0 Å². The molecule has 8 heteroatoms. The van der Waals surface area contributed by atoms with Gasteiger partial charge in [0, 0.05) is 36.1 Å². The lowest BCUT2D eigenvalue weighted by Crippen LogP contribution is -2.51. The molecule has 0 saturated carbocycles. The molecule has 164 valence electrons. The van der Waals surface area contributed by atoms with E-state index in [2.05, 4.69) is 15.5 Å². The minimum absolute atomic E-state index is 0.0381. The van der Waals surface area contributed by atoms with E-state index in [1.54, 1.807) is 12.1 Å². The van der Waals surface area contributed by atoms with Crippen LogP contribution in [0.15, 0.2) is 51.0 Å². The van der Waals surface area contributed by atoms with E-state index in [1.807, 2.05) is 13.8 Å². The Morgan fingerprint density at radius 3 is 2.74 bits per heavy atom. The number of nitrogens with zero attached hydrogens (tertiary/aromatic N) is 2. The third-order valence-corrected chi connectivity index (χ3v) is 6.92. The molecule has 1 unspecified atom stereocenters. The van der Waals surface area contributed by atoms with Crippen LogP contribution < -0.4 is 5.32 Å².